The van der Waals surface area contributed by atoms with Gasteiger partial charge in [-0.2, -0.15) is 0 Å². The van der Waals surface area contributed by atoms with E-state index in [0.29, 0.717) is 6.04 Å². The van der Waals surface area contributed by atoms with E-state index in [4.69, 9.17) is 4.74 Å². The maximum atomic E-state index is 5.13. The van der Waals surface area contributed by atoms with Crippen LogP contribution in [0.5, 0.6) is 5.75 Å². The second-order valence-electron chi connectivity index (χ2n) is 4.22. The molecule has 4 heteroatoms. The number of hydrogen-bond acceptors (Lipinski definition) is 3. The molecule has 99 valence electrons. The van der Waals surface area contributed by atoms with Crippen LogP contribution < -0.4 is 10.1 Å². The third kappa shape index (κ3) is 6.16. The summed E-state index contributed by atoms with van der Waals surface area (Å²) in [6, 6.07) is 8.55. The van der Waals surface area contributed by atoms with Crippen LogP contribution in [0, 0.1) is 7.05 Å². The Morgan fingerprint density at radius 1 is 1.29 bits per heavy atom. The van der Waals surface area contributed by atoms with Gasteiger partial charge in [-0.3, -0.25) is 7.05 Å². The maximum absolute atomic E-state index is 5.13. The fourth-order valence-corrected chi connectivity index (χ4v) is 1.69. The Morgan fingerprint density at radius 2 is 1.88 bits per heavy atom. The summed E-state index contributed by atoms with van der Waals surface area (Å²) in [6.07, 6.45) is 0.978. The first-order chi connectivity index (χ1) is 7.65. The van der Waals surface area contributed by atoms with Crippen molar-refractivity contribution in [2.45, 2.75) is 12.5 Å². The summed E-state index contributed by atoms with van der Waals surface area (Å²) in [5.74, 6) is 0.899. The topological polar surface area (TPSA) is 24.5 Å². The molecule has 0 aliphatic rings. The zero-order valence-electron chi connectivity index (χ0n) is 10.7. The normalized spacial score (nSPS) is 12.1. The van der Waals surface area contributed by atoms with Crippen LogP contribution >= 0.6 is 0 Å². The summed E-state index contributed by atoms with van der Waals surface area (Å²) in [6.45, 7) is 0.982. The van der Waals surface area contributed by atoms with E-state index in [1.807, 2.05) is 12.1 Å². The number of rotatable bonds is 6. The number of nitrogens with one attached hydrogen (secondary N) is 1. The zero-order chi connectivity index (χ0) is 12.0. The minimum absolute atomic E-state index is 0. The largest absolute Gasteiger partial charge is 0.497 e. The Balaban J connectivity index is 0.00000256. The summed E-state index contributed by atoms with van der Waals surface area (Å²) in [4.78, 5) is 2.16. The molecule has 1 unspecified atom stereocenters. The molecule has 0 aliphatic heterocycles. The summed E-state index contributed by atoms with van der Waals surface area (Å²) < 4.78 is 5.13. The van der Waals surface area contributed by atoms with Gasteiger partial charge >= 0.3 is 0 Å². The average molecular weight is 324 g/mol. The third-order valence-electron chi connectivity index (χ3n) is 2.52. The molecule has 1 rings (SSSR count). The van der Waals surface area contributed by atoms with Gasteiger partial charge in [0, 0.05) is 26.0 Å². The van der Waals surface area contributed by atoms with Gasteiger partial charge in [-0.15, -0.1) is 0 Å². The number of nitrogens with zero attached hydrogens (tertiary/aromatic N) is 1. The van der Waals surface area contributed by atoms with Gasteiger partial charge < -0.3 is 15.0 Å². The van der Waals surface area contributed by atoms with Gasteiger partial charge in [0.05, 0.1) is 7.11 Å². The van der Waals surface area contributed by atoms with E-state index in [0.717, 1.165) is 18.7 Å². The molecule has 0 fully saturated rings. The van der Waals surface area contributed by atoms with Crippen molar-refractivity contribution in [2.24, 2.45) is 0 Å². The molecular weight excluding hydrogens is 303 g/mol. The third-order valence-corrected chi connectivity index (χ3v) is 2.52. The van der Waals surface area contributed by atoms with Crippen molar-refractivity contribution in [1.29, 1.82) is 0 Å². The molecular formula is C13H21N2ORh-. The first-order valence-electron chi connectivity index (χ1n) is 5.46. The van der Waals surface area contributed by atoms with Gasteiger partial charge in [-0.1, -0.05) is 12.1 Å². The zero-order valence-corrected chi connectivity index (χ0v) is 12.3. The van der Waals surface area contributed by atoms with Crippen molar-refractivity contribution >= 4 is 0 Å². The molecule has 0 saturated heterocycles. The molecule has 1 N–H and O–H groups in total. The molecule has 0 spiro atoms. The first-order valence-corrected chi connectivity index (χ1v) is 5.46. The van der Waals surface area contributed by atoms with Crippen molar-refractivity contribution in [3.63, 3.8) is 0 Å². The molecule has 1 radical (unpaired) electrons. The fraction of sp³-hybridized carbons (Fsp3) is 0.462. The summed E-state index contributed by atoms with van der Waals surface area (Å²) >= 11 is 0. The Labute approximate surface area is 117 Å². The van der Waals surface area contributed by atoms with Crippen LogP contribution in [-0.4, -0.2) is 38.7 Å². The number of hydrogen-bond donors (Lipinski definition) is 1. The number of benzene rings is 1. The molecule has 0 saturated carbocycles. The number of likely N-dealkylation sites (N-methyl/N-ethyl adjacent to an activating group) is 1. The first kappa shape index (κ1) is 16.6. The Bertz CT molecular complexity index is 301. The fourth-order valence-electron chi connectivity index (χ4n) is 1.69. The van der Waals surface area contributed by atoms with Crippen LogP contribution in [0.4, 0.5) is 0 Å². The molecule has 17 heavy (non-hydrogen) atoms. The second-order valence-corrected chi connectivity index (χ2v) is 4.22. The van der Waals surface area contributed by atoms with Crippen LogP contribution in [0.3, 0.4) is 0 Å². The second kappa shape index (κ2) is 8.62. The minimum Gasteiger partial charge on any atom is -0.497 e. The quantitative estimate of drug-likeness (QED) is 0.635. The van der Waals surface area contributed by atoms with Crippen LogP contribution in [0.1, 0.15) is 5.56 Å². The molecule has 0 aromatic heterocycles. The molecule has 0 aliphatic carbocycles. The van der Waals surface area contributed by atoms with E-state index in [1.165, 1.54) is 5.56 Å². The molecule has 0 bridgehead atoms. The average Bonchev–Trinajstić information content (AvgIpc) is 2.28. The summed E-state index contributed by atoms with van der Waals surface area (Å²) in [5, 5.41) is 3.09. The van der Waals surface area contributed by atoms with E-state index in [1.54, 1.807) is 7.11 Å². The molecule has 1 aromatic carbocycles. The van der Waals surface area contributed by atoms with E-state index in [-0.39, 0.29) is 19.5 Å². The van der Waals surface area contributed by atoms with E-state index in [9.17, 15) is 0 Å². The van der Waals surface area contributed by atoms with Crippen molar-refractivity contribution < 1.29 is 24.2 Å². The van der Waals surface area contributed by atoms with Gasteiger partial charge in [-0.25, -0.2) is 0 Å². The smallest absolute Gasteiger partial charge is 0.118 e. The van der Waals surface area contributed by atoms with Crippen molar-refractivity contribution in [3.8, 4) is 5.75 Å². The molecule has 3 nitrogen and oxygen atoms in total. The van der Waals surface area contributed by atoms with Crippen molar-refractivity contribution in [1.82, 2.24) is 10.2 Å². The Morgan fingerprint density at radius 3 is 2.29 bits per heavy atom. The molecule has 1 aromatic rings. The van der Waals surface area contributed by atoms with Gasteiger partial charge in [-0.05, 0) is 44.3 Å². The standard InChI is InChI=1S/C13H21N2O.Rh/c1-14-12(10-15(2)3)9-11-5-7-13(16-4)8-6-11;/h5-8,12,14H,1,9-10H2,2-4H3;/q-1;. The predicted molar refractivity (Wildman–Crippen MR) is 67.5 cm³/mol. The maximum Gasteiger partial charge on any atom is 0.118 e. The van der Waals surface area contributed by atoms with Crippen LogP contribution in [0.2, 0.25) is 0 Å². The van der Waals surface area contributed by atoms with Crippen LogP contribution in [0.25, 0.3) is 0 Å². The molecule has 1 atom stereocenters. The van der Waals surface area contributed by atoms with Gasteiger partial charge in [0.25, 0.3) is 0 Å². The summed E-state index contributed by atoms with van der Waals surface area (Å²) in [5.41, 5.74) is 1.30. The number of ether oxygens (including phenoxy) is 1. The Kier molecular flexibility index (Phi) is 8.40. The predicted octanol–water partition coefficient (Wildman–Crippen LogP) is 1.55. The van der Waals surface area contributed by atoms with Crippen LogP contribution in [-0.2, 0) is 25.9 Å². The van der Waals surface area contributed by atoms with Gasteiger partial charge in [0.2, 0.25) is 0 Å². The van der Waals surface area contributed by atoms with E-state index in [2.05, 4.69) is 43.5 Å². The van der Waals surface area contributed by atoms with Gasteiger partial charge in [0.1, 0.15) is 5.75 Å². The monoisotopic (exact) mass is 324 g/mol. The van der Waals surface area contributed by atoms with Crippen LogP contribution in [0.15, 0.2) is 24.3 Å². The van der Waals surface area contributed by atoms with E-state index >= 15 is 0 Å². The summed E-state index contributed by atoms with van der Waals surface area (Å²) in [7, 11) is 9.59. The van der Waals surface area contributed by atoms with Gasteiger partial charge in [0.15, 0.2) is 0 Å². The van der Waals surface area contributed by atoms with Crippen molar-refractivity contribution in [3.05, 3.63) is 36.9 Å². The number of methoxy groups -OCH3 is 1. The SMILES string of the molecule is [CH2-]NC(Cc1ccc(OC)cc1)CN(C)C.[Rh]. The Hall–Kier alpha value is -0.437. The molecule has 0 heterocycles. The van der Waals surface area contributed by atoms with Crippen molar-refractivity contribution in [2.75, 3.05) is 27.7 Å². The van der Waals surface area contributed by atoms with E-state index < -0.39 is 0 Å². The minimum atomic E-state index is 0. The molecule has 0 amide bonds.